The molecule has 0 amide bonds. The van der Waals surface area contributed by atoms with Crippen molar-refractivity contribution in [3.05, 3.63) is 203 Å². The second kappa shape index (κ2) is 28.6. The van der Waals surface area contributed by atoms with Crippen molar-refractivity contribution in [2.24, 2.45) is 10.8 Å². The number of benzene rings is 6. The number of unbranched alkanes of at least 4 members (excludes halogenated alkanes) is 5. The van der Waals surface area contributed by atoms with Gasteiger partial charge in [-0.05, 0) is 59.4 Å². The van der Waals surface area contributed by atoms with Crippen molar-refractivity contribution in [1.82, 2.24) is 0 Å². The van der Waals surface area contributed by atoms with E-state index in [-0.39, 0.29) is 44.8 Å². The second-order valence-electron chi connectivity index (χ2n) is 22.8. The van der Waals surface area contributed by atoms with Crippen LogP contribution < -0.4 is 43.4 Å². The summed E-state index contributed by atoms with van der Waals surface area (Å²) in [4.78, 5) is 0. The summed E-state index contributed by atoms with van der Waals surface area (Å²) in [5, 5.41) is 25.0. The van der Waals surface area contributed by atoms with Gasteiger partial charge in [-0.25, -0.2) is 0 Å². The number of para-hydroxylation sites is 2. The lowest BCUT2D eigenvalue weighted by atomic mass is 9.56. The Labute approximate surface area is 479 Å². The normalized spacial score (nSPS) is 22.3. The predicted octanol–water partition coefficient (Wildman–Crippen LogP) is 8.78. The molecule has 4 bridgehead atoms. The smallest absolute Gasteiger partial charge is 0.122 e. The van der Waals surface area contributed by atoms with E-state index < -0.39 is 11.2 Å². The fourth-order valence-electron chi connectivity index (χ4n) is 13.6. The van der Waals surface area contributed by atoms with Gasteiger partial charge in [-0.1, -0.05) is 210 Å². The second-order valence-corrected chi connectivity index (χ2v) is 22.8. The van der Waals surface area contributed by atoms with Crippen LogP contribution in [0.25, 0.3) is 0 Å². The van der Waals surface area contributed by atoms with Gasteiger partial charge < -0.3 is 62.6 Å². The van der Waals surface area contributed by atoms with Crippen LogP contribution in [0.1, 0.15) is 137 Å². The minimum absolute atomic E-state index is 0. The Morgan fingerprint density at radius 3 is 0.908 bits per heavy atom. The highest BCUT2D eigenvalue weighted by Gasteiger charge is 2.61. The van der Waals surface area contributed by atoms with Gasteiger partial charge in [-0.15, -0.1) is 0 Å². The Bertz CT molecular complexity index is 2290. The van der Waals surface area contributed by atoms with Crippen molar-refractivity contribution in [2.75, 3.05) is 65.6 Å². The number of rotatable bonds is 21. The topological polar surface area (TPSA) is 58.9 Å². The third-order valence-electron chi connectivity index (χ3n) is 18.4. The lowest BCUT2D eigenvalue weighted by Crippen LogP contribution is -3.00. The van der Waals surface area contributed by atoms with Crippen molar-refractivity contribution >= 4 is 0 Å². The highest BCUT2D eigenvalue weighted by molar-refractivity contribution is 5.41. The minimum Gasteiger partial charge on any atom is -1.00 e. The summed E-state index contributed by atoms with van der Waals surface area (Å²) in [7, 11) is 0. The van der Waals surface area contributed by atoms with Crippen molar-refractivity contribution in [3.8, 4) is 11.5 Å². The van der Waals surface area contributed by atoms with Gasteiger partial charge in [0.1, 0.15) is 22.7 Å². The summed E-state index contributed by atoms with van der Waals surface area (Å²) in [6.07, 6.45) is 17.0. The van der Waals surface area contributed by atoms with E-state index in [1.54, 1.807) is 0 Å². The molecular formula is C68H90Br2N2O4. The molecule has 0 radical (unpaired) electrons. The first-order valence-electron chi connectivity index (χ1n) is 28.8. The fourth-order valence-corrected chi connectivity index (χ4v) is 13.6. The van der Waals surface area contributed by atoms with Crippen LogP contribution in [0.4, 0.5) is 0 Å². The first kappa shape index (κ1) is 60.9. The molecule has 6 aliphatic heterocycles. The molecule has 410 valence electrons. The number of ether oxygens (including phenoxy) is 2. The number of fused-ring (bicyclic) bond motifs is 6. The molecule has 6 fully saturated rings. The van der Waals surface area contributed by atoms with Gasteiger partial charge in [0, 0.05) is 62.2 Å². The molecule has 76 heavy (non-hydrogen) atoms. The van der Waals surface area contributed by atoms with Gasteiger partial charge in [0.05, 0.1) is 65.6 Å². The van der Waals surface area contributed by atoms with Crippen LogP contribution in [0.5, 0.6) is 11.5 Å². The summed E-state index contributed by atoms with van der Waals surface area (Å²) in [6, 6.07) is 58.0. The van der Waals surface area contributed by atoms with E-state index in [0.717, 1.165) is 151 Å². The standard InChI is InChI=1S/2C30H36NO2.C8H18.2BrH/c2*1-25-11-8-9-16-28(25)33-24-10-20-31-21-17-29(18-22-31,19-23-31)30(32,26-12-4-2-5-13-26)27-14-6-3-7-15-27;1-3-5-7-8-6-4-2;;/h2*2-9,11-16,32H,10,17-24H2,1H3;3-8H2,1-2H3;2*1H/q2*+1;;;/p-2. The van der Waals surface area contributed by atoms with E-state index >= 15 is 0 Å². The number of aliphatic hydroxyl groups is 2. The zero-order valence-corrected chi connectivity index (χ0v) is 49.7. The van der Waals surface area contributed by atoms with E-state index in [2.05, 4.69) is 161 Å². The van der Waals surface area contributed by atoms with Crippen LogP contribution in [0.3, 0.4) is 0 Å². The highest BCUT2D eigenvalue weighted by atomic mass is 79.9. The summed E-state index contributed by atoms with van der Waals surface area (Å²) in [5.41, 5.74) is 4.43. The van der Waals surface area contributed by atoms with Gasteiger partial charge >= 0.3 is 0 Å². The molecule has 0 spiro atoms. The summed E-state index contributed by atoms with van der Waals surface area (Å²) in [5.74, 6) is 2.01. The van der Waals surface area contributed by atoms with Gasteiger partial charge in [0.2, 0.25) is 0 Å². The van der Waals surface area contributed by atoms with Crippen molar-refractivity contribution in [3.63, 3.8) is 0 Å². The summed E-state index contributed by atoms with van der Waals surface area (Å²) in [6.45, 7) is 19.5. The maximum absolute atomic E-state index is 12.5. The maximum Gasteiger partial charge on any atom is 0.122 e. The zero-order valence-electron chi connectivity index (χ0n) is 46.5. The van der Waals surface area contributed by atoms with Crippen LogP contribution in [-0.2, 0) is 11.2 Å². The van der Waals surface area contributed by atoms with Gasteiger partial charge in [-0.3, -0.25) is 0 Å². The predicted molar refractivity (Wildman–Crippen MR) is 305 cm³/mol. The Balaban J connectivity index is 0.000000211. The Morgan fingerprint density at radius 1 is 0.382 bits per heavy atom. The number of piperidine rings is 6. The lowest BCUT2D eigenvalue weighted by molar-refractivity contribution is -0.946. The van der Waals surface area contributed by atoms with Gasteiger partial charge in [0.15, 0.2) is 0 Å². The summed E-state index contributed by atoms with van der Waals surface area (Å²) < 4.78 is 14.5. The average molecular weight is 1160 g/mol. The first-order valence-corrected chi connectivity index (χ1v) is 28.8. The van der Waals surface area contributed by atoms with Gasteiger partial charge in [-0.2, -0.15) is 0 Å². The molecule has 0 atom stereocenters. The highest BCUT2D eigenvalue weighted by Crippen LogP contribution is 2.59. The molecule has 6 aromatic carbocycles. The van der Waals surface area contributed by atoms with Crippen LogP contribution in [0, 0.1) is 24.7 Å². The number of hydrogen-bond donors (Lipinski definition) is 2. The molecule has 0 aliphatic carbocycles. The molecule has 0 saturated carbocycles. The molecule has 0 unspecified atom stereocenters. The van der Waals surface area contributed by atoms with E-state index in [1.807, 2.05) is 36.4 Å². The van der Waals surface area contributed by atoms with Crippen molar-refractivity contribution in [1.29, 1.82) is 0 Å². The molecule has 12 rings (SSSR count). The maximum atomic E-state index is 12.5. The van der Waals surface area contributed by atoms with Crippen LogP contribution in [0.15, 0.2) is 170 Å². The molecule has 6 aliphatic rings. The fraction of sp³-hybridized carbons (Fsp3) is 0.471. The number of hydrogen-bond acceptors (Lipinski definition) is 4. The van der Waals surface area contributed by atoms with Crippen LogP contribution in [0.2, 0.25) is 0 Å². The average Bonchev–Trinajstić information content (AvgIpc) is 3.54. The molecule has 0 aromatic heterocycles. The lowest BCUT2D eigenvalue weighted by Gasteiger charge is -2.60. The quantitative estimate of drug-likeness (QED) is 0.0560. The van der Waals surface area contributed by atoms with E-state index in [1.165, 1.54) is 58.6 Å². The molecular weight excluding hydrogens is 1070 g/mol. The Morgan fingerprint density at radius 2 is 0.645 bits per heavy atom. The SMILES string of the molecule is CCCCCCCC.Cc1ccccc1OCCC[N+]12CCC(C(O)(c3ccccc3)c3ccccc3)(CC1)CC2.Cc1ccccc1OCCC[N+]12CCC(C(O)(c3ccccc3)c3ccccc3)(CC1)CC2.[Br-].[Br-]. The first-order chi connectivity index (χ1) is 36.1. The number of aryl methyl sites for hydroxylation is 2. The molecule has 6 nitrogen and oxygen atoms in total. The molecule has 2 N–H and O–H groups in total. The third kappa shape index (κ3) is 13.8. The van der Waals surface area contributed by atoms with Crippen LogP contribution in [-0.4, -0.2) is 84.8 Å². The molecule has 6 saturated heterocycles. The van der Waals surface area contributed by atoms with Gasteiger partial charge in [0.25, 0.3) is 0 Å². The number of nitrogens with zero attached hydrogens (tertiary/aromatic N) is 2. The molecule has 8 heteroatoms. The summed E-state index contributed by atoms with van der Waals surface area (Å²) >= 11 is 0. The number of quaternary nitrogens is 2. The Kier molecular flexibility index (Phi) is 22.9. The van der Waals surface area contributed by atoms with E-state index in [0.29, 0.717) is 0 Å². The van der Waals surface area contributed by atoms with E-state index in [9.17, 15) is 10.2 Å². The van der Waals surface area contributed by atoms with E-state index in [4.69, 9.17) is 9.47 Å². The molecule has 6 aromatic rings. The third-order valence-corrected chi connectivity index (χ3v) is 18.4. The van der Waals surface area contributed by atoms with Crippen LogP contribution >= 0.6 is 0 Å². The molecule has 6 heterocycles. The largest absolute Gasteiger partial charge is 1.00 e. The monoisotopic (exact) mass is 1160 g/mol. The zero-order chi connectivity index (χ0) is 51.8. The number of halogens is 2. The van der Waals surface area contributed by atoms with Crippen molar-refractivity contribution < 1.29 is 62.6 Å². The van der Waals surface area contributed by atoms with Crippen molar-refractivity contribution in [2.45, 2.75) is 129 Å². The Hall–Kier alpha value is -4.28. The minimum atomic E-state index is -0.944.